The van der Waals surface area contributed by atoms with Crippen molar-refractivity contribution in [3.8, 4) is 0 Å². The number of aliphatic hydroxyl groups excluding tert-OH is 1. The van der Waals surface area contributed by atoms with E-state index in [0.717, 1.165) is 29.4 Å². The lowest BCUT2D eigenvalue weighted by Gasteiger charge is -2.25. The fourth-order valence-electron chi connectivity index (χ4n) is 3.46. The third kappa shape index (κ3) is 2.70. The van der Waals surface area contributed by atoms with Crippen molar-refractivity contribution in [1.82, 2.24) is 9.47 Å². The van der Waals surface area contributed by atoms with E-state index >= 15 is 0 Å². The molecule has 0 fully saturated rings. The molecule has 0 saturated heterocycles. The van der Waals surface area contributed by atoms with Crippen LogP contribution in [0.2, 0.25) is 4.34 Å². The largest absolute Gasteiger partial charge is 0.387 e. The Labute approximate surface area is 144 Å². The second kappa shape index (κ2) is 5.95. The lowest BCUT2D eigenvalue weighted by molar-refractivity contribution is 0.156. The molecular formula is C18H19ClN2OS. The van der Waals surface area contributed by atoms with Crippen molar-refractivity contribution in [3.63, 3.8) is 0 Å². The first-order valence-electron chi connectivity index (χ1n) is 7.84. The van der Waals surface area contributed by atoms with Gasteiger partial charge in [0.15, 0.2) is 0 Å². The van der Waals surface area contributed by atoms with Gasteiger partial charge in [-0.05, 0) is 24.2 Å². The van der Waals surface area contributed by atoms with Crippen LogP contribution in [-0.4, -0.2) is 28.2 Å². The van der Waals surface area contributed by atoms with Crippen molar-refractivity contribution >= 4 is 33.2 Å². The maximum Gasteiger partial charge on any atom is 0.104 e. The van der Waals surface area contributed by atoms with Gasteiger partial charge in [0.05, 0.1) is 17.0 Å². The molecule has 23 heavy (non-hydrogen) atoms. The van der Waals surface area contributed by atoms with Gasteiger partial charge < -0.3 is 14.6 Å². The summed E-state index contributed by atoms with van der Waals surface area (Å²) in [7, 11) is 2.15. The first kappa shape index (κ1) is 15.2. The molecule has 1 atom stereocenters. The van der Waals surface area contributed by atoms with E-state index in [4.69, 9.17) is 11.6 Å². The van der Waals surface area contributed by atoms with Gasteiger partial charge in [-0.2, -0.15) is 0 Å². The maximum absolute atomic E-state index is 10.7. The number of hydrogen-bond acceptors (Lipinski definition) is 3. The summed E-state index contributed by atoms with van der Waals surface area (Å²) in [6, 6.07) is 11.9. The third-order valence-corrected chi connectivity index (χ3v) is 5.91. The molecule has 0 aliphatic carbocycles. The molecule has 3 heterocycles. The first-order valence-corrected chi connectivity index (χ1v) is 9.04. The monoisotopic (exact) mass is 346 g/mol. The van der Waals surface area contributed by atoms with Crippen molar-refractivity contribution in [3.05, 3.63) is 57.6 Å². The number of hydrogen-bond donors (Lipinski definition) is 1. The molecule has 1 aliphatic heterocycles. The highest BCUT2D eigenvalue weighted by Crippen LogP contribution is 2.38. The predicted molar refractivity (Wildman–Crippen MR) is 96.3 cm³/mol. The molecule has 4 rings (SSSR count). The number of nitrogens with zero attached hydrogens (tertiary/aromatic N) is 2. The van der Waals surface area contributed by atoms with Crippen LogP contribution in [0.15, 0.2) is 36.4 Å². The van der Waals surface area contributed by atoms with E-state index in [1.54, 1.807) is 11.3 Å². The number of halogens is 1. The Kier molecular flexibility index (Phi) is 3.93. The molecule has 0 amide bonds. The summed E-state index contributed by atoms with van der Waals surface area (Å²) < 4.78 is 3.10. The summed E-state index contributed by atoms with van der Waals surface area (Å²) in [5.74, 6) is 0. The number of aromatic nitrogens is 1. The normalized spacial score (nSPS) is 16.7. The van der Waals surface area contributed by atoms with Gasteiger partial charge >= 0.3 is 0 Å². The molecule has 0 radical (unpaired) electrons. The highest BCUT2D eigenvalue weighted by Gasteiger charge is 2.25. The van der Waals surface area contributed by atoms with Crippen LogP contribution in [0.1, 0.15) is 22.9 Å². The van der Waals surface area contributed by atoms with E-state index in [0.29, 0.717) is 6.54 Å². The quantitative estimate of drug-likeness (QED) is 0.774. The Hall–Kier alpha value is -1.33. The van der Waals surface area contributed by atoms with Crippen molar-refractivity contribution < 1.29 is 5.11 Å². The van der Waals surface area contributed by atoms with Crippen LogP contribution >= 0.6 is 22.9 Å². The topological polar surface area (TPSA) is 28.4 Å². The van der Waals surface area contributed by atoms with Crippen LogP contribution in [0.25, 0.3) is 10.2 Å². The summed E-state index contributed by atoms with van der Waals surface area (Å²) in [5, 5.41) is 11.9. The number of fused-ring (bicyclic) bond motifs is 3. The summed E-state index contributed by atoms with van der Waals surface area (Å²) >= 11 is 7.87. The van der Waals surface area contributed by atoms with Gasteiger partial charge in [0, 0.05) is 30.6 Å². The van der Waals surface area contributed by atoms with Gasteiger partial charge in [-0.1, -0.05) is 41.9 Å². The van der Waals surface area contributed by atoms with Crippen molar-refractivity contribution in [2.45, 2.75) is 25.6 Å². The highest BCUT2D eigenvalue weighted by atomic mass is 35.5. The molecule has 1 aromatic carbocycles. The van der Waals surface area contributed by atoms with Crippen LogP contribution in [0, 0.1) is 0 Å². The minimum absolute atomic E-state index is 0.503. The first-order chi connectivity index (χ1) is 11.1. The van der Waals surface area contributed by atoms with Crippen molar-refractivity contribution in [1.29, 1.82) is 0 Å². The van der Waals surface area contributed by atoms with Gasteiger partial charge in [0.25, 0.3) is 0 Å². The Morgan fingerprint density at radius 1 is 1.30 bits per heavy atom. The molecule has 3 aromatic rings. The predicted octanol–water partition coefficient (Wildman–Crippen LogP) is 4.08. The molecule has 5 heteroatoms. The van der Waals surface area contributed by atoms with Crippen LogP contribution in [-0.2, 0) is 19.5 Å². The Balaban J connectivity index is 1.77. The zero-order valence-corrected chi connectivity index (χ0v) is 14.6. The number of thiophene rings is 1. The van der Waals surface area contributed by atoms with Crippen LogP contribution < -0.4 is 0 Å². The van der Waals surface area contributed by atoms with Crippen LogP contribution in [0.4, 0.5) is 0 Å². The molecule has 2 aromatic heterocycles. The minimum atomic E-state index is -0.503. The summed E-state index contributed by atoms with van der Waals surface area (Å²) in [4.78, 5) is 3.52. The fourth-order valence-corrected chi connectivity index (χ4v) is 4.74. The van der Waals surface area contributed by atoms with Crippen LogP contribution in [0.3, 0.4) is 0 Å². The standard InChI is InChI=1S/C18H19ClN2OS/c1-20-8-7-15-14(10-20)13-9-17(19)23-18(13)21(15)11-16(22)12-5-3-2-4-6-12/h2-6,9,16,22H,7-8,10-11H2,1H3. The van der Waals surface area contributed by atoms with Gasteiger partial charge in [0.1, 0.15) is 4.83 Å². The Bertz CT molecular complexity index is 840. The average molecular weight is 347 g/mol. The second-order valence-corrected chi connectivity index (χ2v) is 7.88. The van der Waals surface area contributed by atoms with Gasteiger partial charge in [-0.3, -0.25) is 0 Å². The molecule has 0 spiro atoms. The van der Waals surface area contributed by atoms with E-state index in [-0.39, 0.29) is 0 Å². The third-order valence-electron chi connectivity index (χ3n) is 4.63. The number of benzene rings is 1. The molecule has 0 bridgehead atoms. The highest BCUT2D eigenvalue weighted by molar-refractivity contribution is 7.22. The van der Waals surface area contributed by atoms with Crippen molar-refractivity contribution in [2.75, 3.05) is 13.6 Å². The van der Waals surface area contributed by atoms with E-state index in [1.807, 2.05) is 30.3 Å². The lowest BCUT2D eigenvalue weighted by atomic mass is 10.1. The summed E-state index contributed by atoms with van der Waals surface area (Å²) in [6.07, 6.45) is 0.517. The van der Waals surface area contributed by atoms with Gasteiger partial charge in [-0.15, -0.1) is 11.3 Å². The summed E-state index contributed by atoms with van der Waals surface area (Å²) in [5.41, 5.74) is 3.69. The van der Waals surface area contributed by atoms with Crippen molar-refractivity contribution in [2.24, 2.45) is 0 Å². The zero-order chi connectivity index (χ0) is 16.0. The maximum atomic E-state index is 10.7. The molecule has 1 unspecified atom stereocenters. The SMILES string of the molecule is CN1CCc2c(c3cc(Cl)sc3n2CC(O)c2ccccc2)C1. The Morgan fingerprint density at radius 2 is 2.09 bits per heavy atom. The molecule has 3 nitrogen and oxygen atoms in total. The molecular weight excluding hydrogens is 328 g/mol. The molecule has 1 N–H and O–H groups in total. The smallest absolute Gasteiger partial charge is 0.104 e. The van der Waals surface area contributed by atoms with Crippen LogP contribution in [0.5, 0.6) is 0 Å². The number of likely N-dealkylation sites (N-methyl/N-ethyl adjacent to an activating group) is 1. The Morgan fingerprint density at radius 3 is 2.87 bits per heavy atom. The molecule has 120 valence electrons. The van der Waals surface area contributed by atoms with E-state index in [9.17, 15) is 5.11 Å². The summed E-state index contributed by atoms with van der Waals surface area (Å²) in [6.45, 7) is 2.59. The number of rotatable bonds is 3. The zero-order valence-electron chi connectivity index (χ0n) is 13.0. The average Bonchev–Trinajstić information content (AvgIpc) is 3.05. The fraction of sp³-hybridized carbons (Fsp3) is 0.333. The van der Waals surface area contributed by atoms with E-state index in [1.165, 1.54) is 21.5 Å². The van der Waals surface area contributed by atoms with Gasteiger partial charge in [-0.25, -0.2) is 0 Å². The molecule has 0 saturated carbocycles. The second-order valence-electron chi connectivity index (χ2n) is 6.22. The minimum Gasteiger partial charge on any atom is -0.387 e. The van der Waals surface area contributed by atoms with Gasteiger partial charge in [0.2, 0.25) is 0 Å². The van der Waals surface area contributed by atoms with E-state index < -0.39 is 6.10 Å². The molecule has 1 aliphatic rings. The lowest BCUT2D eigenvalue weighted by Crippen LogP contribution is -2.27. The van der Waals surface area contributed by atoms with E-state index in [2.05, 4.69) is 22.6 Å². The number of aliphatic hydroxyl groups is 1.